The van der Waals surface area contributed by atoms with Gasteiger partial charge in [0, 0.05) is 12.6 Å². The predicted octanol–water partition coefficient (Wildman–Crippen LogP) is 1.49. The molecule has 0 spiro atoms. The number of hydrogen-bond acceptors (Lipinski definition) is 3. The molecule has 1 aliphatic rings. The predicted molar refractivity (Wildman–Crippen MR) is 54.6 cm³/mol. The number of rotatable bonds is 3. The maximum Gasteiger partial charge on any atom is 0.0991 e. The van der Waals surface area contributed by atoms with Crippen molar-refractivity contribution in [3.8, 4) is 0 Å². The molecular weight excluding hydrogens is 176 g/mol. The third-order valence-corrected chi connectivity index (χ3v) is 3.13. The Morgan fingerprint density at radius 2 is 2.36 bits per heavy atom. The van der Waals surface area contributed by atoms with Gasteiger partial charge >= 0.3 is 0 Å². The van der Waals surface area contributed by atoms with Crippen molar-refractivity contribution in [2.45, 2.75) is 45.7 Å². The highest BCUT2D eigenvalue weighted by atomic mass is 15.4. The molecule has 1 atom stereocenters. The van der Waals surface area contributed by atoms with E-state index in [-0.39, 0.29) is 6.04 Å². The van der Waals surface area contributed by atoms with Gasteiger partial charge in [0.25, 0.3) is 0 Å². The molecule has 0 radical (unpaired) electrons. The second-order valence-electron chi connectivity index (χ2n) is 4.79. The normalized spacial score (nSPS) is 21.6. The van der Waals surface area contributed by atoms with E-state index in [1.54, 1.807) is 0 Å². The minimum atomic E-state index is -0.0158. The summed E-state index contributed by atoms with van der Waals surface area (Å²) in [6.07, 6.45) is 5.93. The standard InChI is InChI=1S/C10H18N4/c1-8(11)9-6-14(13-12-9)7-10(2)4-3-5-10/h6,8H,3-5,7,11H2,1-2H3/t8-/m0/s1. The van der Waals surface area contributed by atoms with Crippen molar-refractivity contribution in [2.75, 3.05) is 0 Å². The molecule has 1 aromatic rings. The van der Waals surface area contributed by atoms with Gasteiger partial charge in [-0.2, -0.15) is 0 Å². The lowest BCUT2D eigenvalue weighted by Crippen LogP contribution is -2.30. The van der Waals surface area contributed by atoms with E-state index in [4.69, 9.17) is 5.73 Å². The van der Waals surface area contributed by atoms with E-state index in [1.165, 1.54) is 19.3 Å². The molecule has 1 aromatic heterocycles. The van der Waals surface area contributed by atoms with Crippen molar-refractivity contribution >= 4 is 0 Å². The van der Waals surface area contributed by atoms with Gasteiger partial charge in [0.2, 0.25) is 0 Å². The Balaban J connectivity index is 2.02. The fourth-order valence-corrected chi connectivity index (χ4v) is 1.93. The molecule has 0 unspecified atom stereocenters. The monoisotopic (exact) mass is 194 g/mol. The lowest BCUT2D eigenvalue weighted by atomic mass is 9.70. The molecule has 14 heavy (non-hydrogen) atoms. The molecule has 4 heteroatoms. The first-order valence-corrected chi connectivity index (χ1v) is 5.25. The lowest BCUT2D eigenvalue weighted by Gasteiger charge is -2.37. The minimum absolute atomic E-state index is 0.0158. The zero-order chi connectivity index (χ0) is 10.2. The van der Waals surface area contributed by atoms with Crippen LogP contribution in [0.2, 0.25) is 0 Å². The summed E-state index contributed by atoms with van der Waals surface area (Å²) in [5.74, 6) is 0. The molecule has 4 nitrogen and oxygen atoms in total. The molecule has 0 saturated heterocycles. The SMILES string of the molecule is C[C@H](N)c1cn(CC2(C)CCC2)nn1. The third kappa shape index (κ3) is 1.80. The highest BCUT2D eigenvalue weighted by Crippen LogP contribution is 2.41. The van der Waals surface area contributed by atoms with E-state index in [0.717, 1.165) is 12.2 Å². The molecule has 1 heterocycles. The average molecular weight is 194 g/mol. The van der Waals surface area contributed by atoms with E-state index in [9.17, 15) is 0 Å². The summed E-state index contributed by atoms with van der Waals surface area (Å²) >= 11 is 0. The second-order valence-corrected chi connectivity index (χ2v) is 4.79. The average Bonchev–Trinajstić information content (AvgIpc) is 2.50. The zero-order valence-corrected chi connectivity index (χ0v) is 8.90. The van der Waals surface area contributed by atoms with Gasteiger partial charge in [0.1, 0.15) is 0 Å². The van der Waals surface area contributed by atoms with Crippen molar-refractivity contribution in [2.24, 2.45) is 11.1 Å². The molecule has 1 fully saturated rings. The summed E-state index contributed by atoms with van der Waals surface area (Å²) < 4.78 is 1.93. The Hall–Kier alpha value is -0.900. The third-order valence-electron chi connectivity index (χ3n) is 3.13. The van der Waals surface area contributed by atoms with Crippen LogP contribution in [0.25, 0.3) is 0 Å². The fraction of sp³-hybridized carbons (Fsp3) is 0.800. The Bertz CT molecular complexity index is 312. The van der Waals surface area contributed by atoms with E-state index >= 15 is 0 Å². The maximum atomic E-state index is 5.72. The quantitative estimate of drug-likeness (QED) is 0.793. The Labute approximate surface area is 84.5 Å². The Kier molecular flexibility index (Phi) is 2.31. The maximum absolute atomic E-state index is 5.72. The largest absolute Gasteiger partial charge is 0.323 e. The molecule has 2 rings (SSSR count). The van der Waals surface area contributed by atoms with Crippen LogP contribution in [0.3, 0.4) is 0 Å². The van der Waals surface area contributed by atoms with E-state index in [0.29, 0.717) is 5.41 Å². The Morgan fingerprint density at radius 3 is 2.79 bits per heavy atom. The van der Waals surface area contributed by atoms with Crippen LogP contribution in [0.5, 0.6) is 0 Å². The zero-order valence-electron chi connectivity index (χ0n) is 8.90. The van der Waals surface area contributed by atoms with E-state index < -0.39 is 0 Å². The molecule has 1 saturated carbocycles. The highest BCUT2D eigenvalue weighted by Gasteiger charge is 2.32. The highest BCUT2D eigenvalue weighted by molar-refractivity contribution is 4.98. The number of hydrogen-bond donors (Lipinski definition) is 1. The molecule has 0 aliphatic heterocycles. The van der Waals surface area contributed by atoms with Crippen LogP contribution in [0.1, 0.15) is 44.8 Å². The fourth-order valence-electron chi connectivity index (χ4n) is 1.93. The van der Waals surface area contributed by atoms with Crippen molar-refractivity contribution in [1.29, 1.82) is 0 Å². The molecule has 0 amide bonds. The molecule has 1 aliphatic carbocycles. The summed E-state index contributed by atoms with van der Waals surface area (Å²) in [5.41, 5.74) is 7.05. The summed E-state index contributed by atoms with van der Waals surface area (Å²) in [5, 5.41) is 8.14. The van der Waals surface area contributed by atoms with Gasteiger partial charge in [-0.15, -0.1) is 5.10 Å². The topological polar surface area (TPSA) is 56.7 Å². The first-order valence-electron chi connectivity index (χ1n) is 5.25. The summed E-state index contributed by atoms with van der Waals surface area (Å²) in [4.78, 5) is 0. The molecule has 2 N–H and O–H groups in total. The molecule has 78 valence electrons. The Morgan fingerprint density at radius 1 is 1.64 bits per heavy atom. The second kappa shape index (κ2) is 3.35. The van der Waals surface area contributed by atoms with Gasteiger partial charge in [-0.3, -0.25) is 4.68 Å². The van der Waals surface area contributed by atoms with Gasteiger partial charge in [0.05, 0.1) is 11.9 Å². The van der Waals surface area contributed by atoms with Gasteiger partial charge in [0.15, 0.2) is 0 Å². The number of nitrogens with zero attached hydrogens (tertiary/aromatic N) is 3. The van der Waals surface area contributed by atoms with Crippen molar-refractivity contribution in [3.63, 3.8) is 0 Å². The van der Waals surface area contributed by atoms with E-state index in [1.807, 2.05) is 17.8 Å². The smallest absolute Gasteiger partial charge is 0.0991 e. The van der Waals surface area contributed by atoms with Crippen LogP contribution in [0.15, 0.2) is 6.20 Å². The van der Waals surface area contributed by atoms with Crippen molar-refractivity contribution in [3.05, 3.63) is 11.9 Å². The van der Waals surface area contributed by atoms with Gasteiger partial charge in [-0.05, 0) is 25.2 Å². The summed E-state index contributed by atoms with van der Waals surface area (Å²) in [6, 6.07) is -0.0158. The molecular formula is C10H18N4. The molecule has 0 bridgehead atoms. The van der Waals surface area contributed by atoms with Crippen LogP contribution < -0.4 is 5.73 Å². The first-order chi connectivity index (χ1) is 6.59. The minimum Gasteiger partial charge on any atom is -0.323 e. The lowest BCUT2D eigenvalue weighted by molar-refractivity contribution is 0.125. The number of aromatic nitrogens is 3. The summed E-state index contributed by atoms with van der Waals surface area (Å²) in [7, 11) is 0. The van der Waals surface area contributed by atoms with Crippen LogP contribution in [-0.4, -0.2) is 15.0 Å². The van der Waals surface area contributed by atoms with E-state index in [2.05, 4.69) is 17.2 Å². The van der Waals surface area contributed by atoms with Gasteiger partial charge < -0.3 is 5.73 Å². The van der Waals surface area contributed by atoms with Gasteiger partial charge in [-0.1, -0.05) is 18.6 Å². The van der Waals surface area contributed by atoms with Crippen LogP contribution >= 0.6 is 0 Å². The first kappa shape index (κ1) is 9.65. The van der Waals surface area contributed by atoms with Crippen LogP contribution in [0, 0.1) is 5.41 Å². The van der Waals surface area contributed by atoms with Gasteiger partial charge in [-0.25, -0.2) is 0 Å². The number of nitrogens with two attached hydrogens (primary N) is 1. The molecule has 0 aromatic carbocycles. The van der Waals surface area contributed by atoms with Crippen molar-refractivity contribution in [1.82, 2.24) is 15.0 Å². The van der Waals surface area contributed by atoms with Crippen LogP contribution in [0.4, 0.5) is 0 Å². The van der Waals surface area contributed by atoms with Crippen LogP contribution in [-0.2, 0) is 6.54 Å². The summed E-state index contributed by atoms with van der Waals surface area (Å²) in [6.45, 7) is 5.22. The van der Waals surface area contributed by atoms with Crippen molar-refractivity contribution < 1.29 is 0 Å².